The highest BCUT2D eigenvalue weighted by atomic mass is 16.5. The molecular formula is C15H23NO. The Labute approximate surface area is 104 Å². The van der Waals surface area contributed by atoms with E-state index in [1.165, 1.54) is 17.5 Å². The average molecular weight is 233 g/mol. The quantitative estimate of drug-likeness (QED) is 0.838. The van der Waals surface area contributed by atoms with E-state index in [9.17, 15) is 0 Å². The molecule has 94 valence electrons. The maximum Gasteiger partial charge on any atom is 0.124 e. The zero-order valence-corrected chi connectivity index (χ0v) is 11.1. The Morgan fingerprint density at radius 2 is 2.24 bits per heavy atom. The molecular weight excluding hydrogens is 210 g/mol. The summed E-state index contributed by atoms with van der Waals surface area (Å²) in [4.78, 5) is 0. The standard InChI is InChI=1S/C15H23NO/c1-4-8-16-14-10-17-15-7-6-12(9-13(14)15)11(3)5-2/h6-7,9,11,14,16H,4-5,8,10H2,1-3H3. The van der Waals surface area contributed by atoms with Crippen molar-refractivity contribution in [3.05, 3.63) is 29.3 Å². The van der Waals surface area contributed by atoms with Gasteiger partial charge in [0.1, 0.15) is 12.4 Å². The predicted molar refractivity (Wildman–Crippen MR) is 71.7 cm³/mol. The maximum atomic E-state index is 5.71. The van der Waals surface area contributed by atoms with Gasteiger partial charge >= 0.3 is 0 Å². The predicted octanol–water partition coefficient (Wildman–Crippen LogP) is 3.63. The third-order valence-corrected chi connectivity index (χ3v) is 3.64. The first-order chi connectivity index (χ1) is 8.26. The van der Waals surface area contributed by atoms with E-state index < -0.39 is 0 Å². The molecule has 0 fully saturated rings. The Bertz CT molecular complexity index is 375. The van der Waals surface area contributed by atoms with E-state index in [4.69, 9.17) is 4.74 Å². The van der Waals surface area contributed by atoms with Gasteiger partial charge in [0.25, 0.3) is 0 Å². The van der Waals surface area contributed by atoms with Crippen molar-refractivity contribution >= 4 is 0 Å². The van der Waals surface area contributed by atoms with Crippen molar-refractivity contribution in [1.29, 1.82) is 0 Å². The summed E-state index contributed by atoms with van der Waals surface area (Å²) in [7, 11) is 0. The molecule has 0 saturated carbocycles. The molecule has 17 heavy (non-hydrogen) atoms. The van der Waals surface area contributed by atoms with Crippen molar-refractivity contribution in [3.63, 3.8) is 0 Å². The number of fused-ring (bicyclic) bond motifs is 1. The number of nitrogens with one attached hydrogen (secondary N) is 1. The van der Waals surface area contributed by atoms with Crippen LogP contribution in [-0.4, -0.2) is 13.2 Å². The van der Waals surface area contributed by atoms with Gasteiger partial charge in [-0.1, -0.05) is 32.9 Å². The monoisotopic (exact) mass is 233 g/mol. The van der Waals surface area contributed by atoms with Crippen LogP contribution in [0.15, 0.2) is 18.2 Å². The maximum absolute atomic E-state index is 5.71. The van der Waals surface area contributed by atoms with Crippen molar-refractivity contribution in [2.45, 2.75) is 45.6 Å². The van der Waals surface area contributed by atoms with Gasteiger partial charge in [-0.25, -0.2) is 0 Å². The third-order valence-electron chi connectivity index (χ3n) is 3.64. The second kappa shape index (κ2) is 5.54. The van der Waals surface area contributed by atoms with Crippen LogP contribution in [0, 0.1) is 0 Å². The van der Waals surface area contributed by atoms with E-state index in [2.05, 4.69) is 44.3 Å². The first kappa shape index (κ1) is 12.4. The van der Waals surface area contributed by atoms with E-state index in [0.717, 1.165) is 25.3 Å². The molecule has 0 bridgehead atoms. The topological polar surface area (TPSA) is 21.3 Å². The normalized spacial score (nSPS) is 19.8. The van der Waals surface area contributed by atoms with Gasteiger partial charge in [-0.05, 0) is 36.9 Å². The number of hydrogen-bond acceptors (Lipinski definition) is 2. The van der Waals surface area contributed by atoms with Gasteiger partial charge in [0.2, 0.25) is 0 Å². The van der Waals surface area contributed by atoms with Crippen molar-refractivity contribution in [3.8, 4) is 5.75 Å². The molecule has 0 aromatic heterocycles. The van der Waals surface area contributed by atoms with Crippen LogP contribution in [0.1, 0.15) is 56.7 Å². The van der Waals surface area contributed by atoms with Crippen LogP contribution in [0.3, 0.4) is 0 Å². The molecule has 2 unspecified atom stereocenters. The molecule has 2 heteroatoms. The second-order valence-electron chi connectivity index (χ2n) is 4.92. The minimum absolute atomic E-state index is 0.383. The Morgan fingerprint density at radius 1 is 1.41 bits per heavy atom. The van der Waals surface area contributed by atoms with Crippen LogP contribution < -0.4 is 10.1 Å². The molecule has 1 aliphatic heterocycles. The Balaban J connectivity index is 2.18. The van der Waals surface area contributed by atoms with Crippen molar-refractivity contribution in [2.75, 3.05) is 13.2 Å². The molecule has 1 N–H and O–H groups in total. The molecule has 1 aliphatic rings. The summed E-state index contributed by atoms with van der Waals surface area (Å²) < 4.78 is 5.71. The molecule has 1 aromatic carbocycles. The molecule has 0 spiro atoms. The van der Waals surface area contributed by atoms with E-state index in [1.807, 2.05) is 0 Å². The molecule has 1 aromatic rings. The fourth-order valence-electron chi connectivity index (χ4n) is 2.26. The number of ether oxygens (including phenoxy) is 1. The van der Waals surface area contributed by atoms with Crippen LogP contribution in [0.25, 0.3) is 0 Å². The highest BCUT2D eigenvalue weighted by Gasteiger charge is 2.24. The van der Waals surface area contributed by atoms with Crippen molar-refractivity contribution < 1.29 is 4.74 Å². The lowest BCUT2D eigenvalue weighted by Crippen LogP contribution is -2.23. The average Bonchev–Trinajstić information content (AvgIpc) is 2.77. The Morgan fingerprint density at radius 3 is 2.94 bits per heavy atom. The third kappa shape index (κ3) is 2.63. The summed E-state index contributed by atoms with van der Waals surface area (Å²) in [6.45, 7) is 8.55. The van der Waals surface area contributed by atoms with Crippen LogP contribution >= 0.6 is 0 Å². The minimum Gasteiger partial charge on any atom is -0.491 e. The first-order valence-electron chi connectivity index (χ1n) is 6.76. The molecule has 0 radical (unpaired) electrons. The molecule has 1 heterocycles. The van der Waals surface area contributed by atoms with Crippen molar-refractivity contribution in [1.82, 2.24) is 5.32 Å². The van der Waals surface area contributed by atoms with Crippen LogP contribution in [0.5, 0.6) is 5.75 Å². The fourth-order valence-corrected chi connectivity index (χ4v) is 2.26. The Hall–Kier alpha value is -1.02. The first-order valence-corrected chi connectivity index (χ1v) is 6.76. The molecule has 2 rings (SSSR count). The SMILES string of the molecule is CCCNC1COc2ccc(C(C)CC)cc21. The smallest absolute Gasteiger partial charge is 0.124 e. The van der Waals surface area contributed by atoms with E-state index in [-0.39, 0.29) is 0 Å². The fraction of sp³-hybridized carbons (Fsp3) is 0.600. The summed E-state index contributed by atoms with van der Waals surface area (Å²) >= 11 is 0. The van der Waals surface area contributed by atoms with E-state index in [0.29, 0.717) is 12.0 Å². The largest absolute Gasteiger partial charge is 0.491 e. The summed E-state index contributed by atoms with van der Waals surface area (Å²) in [5, 5.41) is 3.55. The summed E-state index contributed by atoms with van der Waals surface area (Å²) in [5.74, 6) is 1.69. The lowest BCUT2D eigenvalue weighted by Gasteiger charge is -2.13. The zero-order valence-electron chi connectivity index (χ0n) is 11.1. The molecule has 0 amide bonds. The van der Waals surface area contributed by atoms with Gasteiger partial charge in [-0.2, -0.15) is 0 Å². The number of hydrogen-bond donors (Lipinski definition) is 1. The van der Waals surface area contributed by atoms with E-state index in [1.54, 1.807) is 0 Å². The highest BCUT2D eigenvalue weighted by Crippen LogP contribution is 2.35. The highest BCUT2D eigenvalue weighted by molar-refractivity contribution is 5.43. The second-order valence-corrected chi connectivity index (χ2v) is 4.92. The van der Waals surface area contributed by atoms with Crippen molar-refractivity contribution in [2.24, 2.45) is 0 Å². The van der Waals surface area contributed by atoms with Crippen LogP contribution in [0.4, 0.5) is 0 Å². The molecule has 0 saturated heterocycles. The van der Waals surface area contributed by atoms with Gasteiger partial charge in [0.05, 0.1) is 6.04 Å². The lowest BCUT2D eigenvalue weighted by molar-refractivity contribution is 0.311. The molecule has 2 nitrogen and oxygen atoms in total. The molecule has 2 atom stereocenters. The van der Waals surface area contributed by atoms with Gasteiger partial charge in [-0.3, -0.25) is 0 Å². The van der Waals surface area contributed by atoms with Gasteiger partial charge in [-0.15, -0.1) is 0 Å². The van der Waals surface area contributed by atoms with Gasteiger partial charge < -0.3 is 10.1 Å². The number of rotatable bonds is 5. The van der Waals surface area contributed by atoms with Crippen LogP contribution in [0.2, 0.25) is 0 Å². The summed E-state index contributed by atoms with van der Waals surface area (Å²) in [5.41, 5.74) is 2.77. The lowest BCUT2D eigenvalue weighted by atomic mass is 9.95. The molecule has 0 aliphatic carbocycles. The van der Waals surface area contributed by atoms with Crippen LogP contribution in [-0.2, 0) is 0 Å². The number of benzene rings is 1. The zero-order chi connectivity index (χ0) is 12.3. The minimum atomic E-state index is 0.383. The summed E-state index contributed by atoms with van der Waals surface area (Å²) in [6, 6.07) is 7.04. The van der Waals surface area contributed by atoms with E-state index >= 15 is 0 Å². The van der Waals surface area contributed by atoms with Gasteiger partial charge in [0.15, 0.2) is 0 Å². The summed E-state index contributed by atoms with van der Waals surface area (Å²) in [6.07, 6.45) is 2.35. The Kier molecular flexibility index (Phi) is 4.06. The van der Waals surface area contributed by atoms with Gasteiger partial charge in [0, 0.05) is 5.56 Å².